The van der Waals surface area contributed by atoms with Crippen LogP contribution in [0, 0.1) is 5.82 Å². The largest absolute Gasteiger partial charge is 0.376 e. The van der Waals surface area contributed by atoms with Gasteiger partial charge in [0, 0.05) is 6.54 Å². The Morgan fingerprint density at radius 3 is 2.60 bits per heavy atom. The highest BCUT2D eigenvalue weighted by atomic mass is 32.1. The zero-order valence-electron chi connectivity index (χ0n) is 8.92. The summed E-state index contributed by atoms with van der Waals surface area (Å²) in [5, 5.41) is 3.16. The first kappa shape index (κ1) is 12.1. The summed E-state index contributed by atoms with van der Waals surface area (Å²) in [6.45, 7) is 2.82. The molecule has 0 aliphatic heterocycles. The predicted octanol–water partition coefficient (Wildman–Crippen LogP) is 3.43. The SMILES string of the molecule is CCCCC(=S)NCc1ccc(F)cc1. The minimum absolute atomic E-state index is 0.202. The van der Waals surface area contributed by atoms with Gasteiger partial charge < -0.3 is 5.32 Å². The van der Waals surface area contributed by atoms with Crippen molar-refractivity contribution in [3.8, 4) is 0 Å². The second-order valence-corrected chi connectivity index (χ2v) is 4.00. The minimum atomic E-state index is -0.202. The molecule has 0 fully saturated rings. The summed E-state index contributed by atoms with van der Waals surface area (Å²) in [5.41, 5.74) is 1.05. The second kappa shape index (κ2) is 6.51. The van der Waals surface area contributed by atoms with E-state index in [9.17, 15) is 4.39 Å². The van der Waals surface area contributed by atoms with Gasteiger partial charge in [-0.25, -0.2) is 4.39 Å². The van der Waals surface area contributed by atoms with E-state index in [1.165, 1.54) is 12.1 Å². The van der Waals surface area contributed by atoms with E-state index in [2.05, 4.69) is 12.2 Å². The van der Waals surface area contributed by atoms with E-state index >= 15 is 0 Å². The molecule has 1 aromatic carbocycles. The molecule has 0 unspecified atom stereocenters. The van der Waals surface area contributed by atoms with Crippen molar-refractivity contribution in [1.82, 2.24) is 5.32 Å². The first-order valence-electron chi connectivity index (χ1n) is 5.23. The van der Waals surface area contributed by atoms with Crippen molar-refractivity contribution in [3.05, 3.63) is 35.6 Å². The van der Waals surface area contributed by atoms with Gasteiger partial charge in [-0.05, 0) is 30.5 Å². The van der Waals surface area contributed by atoms with Crippen molar-refractivity contribution in [1.29, 1.82) is 0 Å². The van der Waals surface area contributed by atoms with Crippen molar-refractivity contribution >= 4 is 17.2 Å². The van der Waals surface area contributed by atoms with Crippen molar-refractivity contribution in [2.75, 3.05) is 0 Å². The van der Waals surface area contributed by atoms with Crippen LogP contribution in [0.25, 0.3) is 0 Å². The summed E-state index contributed by atoms with van der Waals surface area (Å²) in [7, 11) is 0. The number of halogens is 1. The van der Waals surface area contributed by atoms with Crippen LogP contribution < -0.4 is 5.32 Å². The third-order valence-electron chi connectivity index (χ3n) is 2.16. The molecule has 1 nitrogen and oxygen atoms in total. The Bertz CT molecular complexity index is 308. The highest BCUT2D eigenvalue weighted by Crippen LogP contribution is 2.03. The molecule has 0 saturated carbocycles. The molecule has 0 saturated heterocycles. The van der Waals surface area contributed by atoms with Crippen LogP contribution >= 0.6 is 12.2 Å². The van der Waals surface area contributed by atoms with E-state index in [4.69, 9.17) is 12.2 Å². The van der Waals surface area contributed by atoms with E-state index in [-0.39, 0.29) is 5.82 Å². The quantitative estimate of drug-likeness (QED) is 0.770. The van der Waals surface area contributed by atoms with Crippen molar-refractivity contribution < 1.29 is 4.39 Å². The molecule has 1 rings (SSSR count). The van der Waals surface area contributed by atoms with Crippen LogP contribution in [0.3, 0.4) is 0 Å². The Hall–Kier alpha value is -0.960. The lowest BCUT2D eigenvalue weighted by Crippen LogP contribution is -2.20. The maximum Gasteiger partial charge on any atom is 0.123 e. The fraction of sp³-hybridized carbons (Fsp3) is 0.417. The first-order chi connectivity index (χ1) is 7.22. The van der Waals surface area contributed by atoms with Gasteiger partial charge in [0.1, 0.15) is 5.82 Å². The summed E-state index contributed by atoms with van der Waals surface area (Å²) >= 11 is 5.16. The first-order valence-corrected chi connectivity index (χ1v) is 5.64. The van der Waals surface area contributed by atoms with E-state index in [0.29, 0.717) is 6.54 Å². The molecular weight excluding hydrogens is 209 g/mol. The molecular formula is C12H16FNS. The van der Waals surface area contributed by atoms with Gasteiger partial charge in [0.2, 0.25) is 0 Å². The van der Waals surface area contributed by atoms with E-state index in [1.54, 1.807) is 12.1 Å². The van der Waals surface area contributed by atoms with Crippen molar-refractivity contribution in [3.63, 3.8) is 0 Å². The Morgan fingerprint density at radius 1 is 1.33 bits per heavy atom. The van der Waals surface area contributed by atoms with Gasteiger partial charge in [0.25, 0.3) is 0 Å². The summed E-state index contributed by atoms with van der Waals surface area (Å²) in [6, 6.07) is 6.47. The summed E-state index contributed by atoms with van der Waals surface area (Å²) in [4.78, 5) is 0.890. The molecule has 1 N–H and O–H groups in total. The molecule has 0 aliphatic carbocycles. The number of unbranched alkanes of at least 4 members (excludes halogenated alkanes) is 1. The average molecular weight is 225 g/mol. The standard InChI is InChI=1S/C12H16FNS/c1-2-3-4-12(15)14-9-10-5-7-11(13)8-6-10/h5-8H,2-4,9H2,1H3,(H,14,15). The van der Waals surface area contributed by atoms with Crippen molar-refractivity contribution in [2.45, 2.75) is 32.7 Å². The molecule has 0 amide bonds. The van der Waals surface area contributed by atoms with Gasteiger partial charge >= 0.3 is 0 Å². The second-order valence-electron chi connectivity index (χ2n) is 3.51. The molecule has 3 heteroatoms. The molecule has 0 aliphatic rings. The summed E-state index contributed by atoms with van der Waals surface area (Å²) in [5.74, 6) is -0.202. The lowest BCUT2D eigenvalue weighted by molar-refractivity contribution is 0.626. The lowest BCUT2D eigenvalue weighted by Gasteiger charge is -2.07. The maximum absolute atomic E-state index is 12.6. The van der Waals surface area contributed by atoms with Gasteiger partial charge in [-0.15, -0.1) is 0 Å². The highest BCUT2D eigenvalue weighted by Gasteiger charge is 1.97. The Kier molecular flexibility index (Phi) is 5.26. The van der Waals surface area contributed by atoms with Crippen LogP contribution in [0.15, 0.2) is 24.3 Å². The third kappa shape index (κ3) is 4.88. The number of nitrogens with one attached hydrogen (secondary N) is 1. The predicted molar refractivity (Wildman–Crippen MR) is 65.4 cm³/mol. The molecule has 0 heterocycles. The molecule has 0 aromatic heterocycles. The van der Waals surface area contributed by atoms with Gasteiger partial charge in [-0.3, -0.25) is 0 Å². The summed E-state index contributed by atoms with van der Waals surface area (Å²) < 4.78 is 12.6. The zero-order chi connectivity index (χ0) is 11.1. The van der Waals surface area contributed by atoms with E-state index in [1.807, 2.05) is 0 Å². The molecule has 1 aromatic rings. The van der Waals surface area contributed by atoms with E-state index < -0.39 is 0 Å². The molecule has 0 spiro atoms. The smallest absolute Gasteiger partial charge is 0.123 e. The topological polar surface area (TPSA) is 12.0 Å². The molecule has 82 valence electrons. The minimum Gasteiger partial charge on any atom is -0.376 e. The van der Waals surface area contributed by atoms with Gasteiger partial charge in [-0.2, -0.15) is 0 Å². The van der Waals surface area contributed by atoms with Gasteiger partial charge in [-0.1, -0.05) is 37.7 Å². The van der Waals surface area contributed by atoms with Crippen molar-refractivity contribution in [2.24, 2.45) is 0 Å². The fourth-order valence-corrected chi connectivity index (χ4v) is 1.45. The number of hydrogen-bond donors (Lipinski definition) is 1. The van der Waals surface area contributed by atoms with Crippen LogP contribution in [0.2, 0.25) is 0 Å². The Balaban J connectivity index is 2.30. The average Bonchev–Trinajstić information content (AvgIpc) is 2.25. The fourth-order valence-electron chi connectivity index (χ4n) is 1.23. The van der Waals surface area contributed by atoms with Crippen LogP contribution in [0.5, 0.6) is 0 Å². The lowest BCUT2D eigenvalue weighted by atomic mass is 10.2. The summed E-state index contributed by atoms with van der Waals surface area (Å²) in [6.07, 6.45) is 3.21. The normalized spacial score (nSPS) is 10.0. The number of hydrogen-bond acceptors (Lipinski definition) is 1. The van der Waals surface area contributed by atoms with Gasteiger partial charge in [0.05, 0.1) is 4.99 Å². The van der Waals surface area contributed by atoms with Gasteiger partial charge in [0.15, 0.2) is 0 Å². The van der Waals surface area contributed by atoms with Crippen LogP contribution in [-0.2, 0) is 6.54 Å². The van der Waals surface area contributed by atoms with E-state index in [0.717, 1.165) is 29.8 Å². The van der Waals surface area contributed by atoms with Crippen LogP contribution in [0.4, 0.5) is 4.39 Å². The molecule has 0 bridgehead atoms. The highest BCUT2D eigenvalue weighted by molar-refractivity contribution is 7.80. The van der Waals surface area contributed by atoms with Crippen LogP contribution in [0.1, 0.15) is 31.7 Å². The zero-order valence-corrected chi connectivity index (χ0v) is 9.74. The Labute approximate surface area is 95.7 Å². The Morgan fingerprint density at radius 2 is 2.00 bits per heavy atom. The number of rotatable bonds is 5. The monoisotopic (exact) mass is 225 g/mol. The third-order valence-corrected chi connectivity index (χ3v) is 2.51. The molecule has 0 atom stereocenters. The maximum atomic E-state index is 12.6. The molecule has 0 radical (unpaired) electrons. The number of benzene rings is 1. The molecule has 15 heavy (non-hydrogen) atoms. The van der Waals surface area contributed by atoms with Crippen LogP contribution in [-0.4, -0.2) is 4.99 Å². The number of thiocarbonyl (C=S) groups is 1.